The number of nitriles is 2. The molecule has 104 valence electrons. The van der Waals surface area contributed by atoms with Gasteiger partial charge in [-0.05, 0) is 42.3 Å². The average molecular weight is 279 g/mol. The van der Waals surface area contributed by atoms with Crippen LogP contribution in [0.15, 0.2) is 42.5 Å². The molecule has 0 aliphatic rings. The van der Waals surface area contributed by atoms with E-state index in [1.54, 1.807) is 30.3 Å². The second-order valence-corrected chi connectivity index (χ2v) is 4.64. The van der Waals surface area contributed by atoms with Crippen molar-refractivity contribution in [2.24, 2.45) is 0 Å². The van der Waals surface area contributed by atoms with Crippen LogP contribution in [0.1, 0.15) is 36.1 Å². The molecule has 0 spiro atoms. The van der Waals surface area contributed by atoms with E-state index in [-0.39, 0.29) is 11.9 Å². The molecular weight excluding hydrogens is 265 g/mol. The van der Waals surface area contributed by atoms with E-state index in [2.05, 4.69) is 5.32 Å². The summed E-state index contributed by atoms with van der Waals surface area (Å²) < 4.78 is 13.0. The first-order valence-electron chi connectivity index (χ1n) is 6.64. The zero-order chi connectivity index (χ0) is 15.2. The van der Waals surface area contributed by atoms with E-state index in [9.17, 15) is 4.39 Å². The van der Waals surface area contributed by atoms with Gasteiger partial charge >= 0.3 is 0 Å². The van der Waals surface area contributed by atoms with E-state index in [1.165, 1.54) is 12.1 Å². The molecule has 1 atom stereocenters. The van der Waals surface area contributed by atoms with Gasteiger partial charge in [0.05, 0.1) is 17.2 Å². The molecule has 0 saturated carbocycles. The highest BCUT2D eigenvalue weighted by molar-refractivity contribution is 5.57. The van der Waals surface area contributed by atoms with Crippen molar-refractivity contribution in [1.82, 2.24) is 0 Å². The minimum Gasteiger partial charge on any atom is -0.378 e. The Hall–Kier alpha value is -2.85. The lowest BCUT2D eigenvalue weighted by atomic mass is 10.0. The zero-order valence-electron chi connectivity index (χ0n) is 11.6. The van der Waals surface area contributed by atoms with Crippen molar-refractivity contribution in [2.75, 3.05) is 5.32 Å². The first-order valence-corrected chi connectivity index (χ1v) is 6.64. The summed E-state index contributed by atoms with van der Waals surface area (Å²) in [6, 6.07) is 15.4. The molecule has 0 aliphatic heterocycles. The summed E-state index contributed by atoms with van der Waals surface area (Å²) in [7, 11) is 0. The molecule has 3 nitrogen and oxygen atoms in total. The molecule has 0 aliphatic carbocycles. The highest BCUT2D eigenvalue weighted by Gasteiger charge is 2.10. The summed E-state index contributed by atoms with van der Waals surface area (Å²) in [5.41, 5.74) is 2.44. The fraction of sp³-hybridized carbons (Fsp3) is 0.176. The first kappa shape index (κ1) is 14.6. The second kappa shape index (κ2) is 6.54. The third-order valence-electron chi connectivity index (χ3n) is 3.28. The smallest absolute Gasteiger partial charge is 0.123 e. The number of anilines is 1. The second-order valence-electron chi connectivity index (χ2n) is 4.64. The number of hydrogen-bond donors (Lipinski definition) is 1. The van der Waals surface area contributed by atoms with Crippen molar-refractivity contribution < 1.29 is 4.39 Å². The number of halogens is 1. The van der Waals surface area contributed by atoms with Gasteiger partial charge in [-0.1, -0.05) is 19.1 Å². The highest BCUT2D eigenvalue weighted by Crippen LogP contribution is 2.24. The molecule has 0 radical (unpaired) electrons. The Morgan fingerprint density at radius 3 is 2.29 bits per heavy atom. The SMILES string of the molecule is CCC(Nc1ccc(C#N)c(C#N)c1)c1ccc(F)cc1. The predicted octanol–water partition coefficient (Wildman–Crippen LogP) is 4.13. The molecule has 0 aromatic heterocycles. The van der Waals surface area contributed by atoms with Crippen molar-refractivity contribution in [3.63, 3.8) is 0 Å². The fourth-order valence-corrected chi connectivity index (χ4v) is 2.14. The molecule has 4 heteroatoms. The fourth-order valence-electron chi connectivity index (χ4n) is 2.14. The Morgan fingerprint density at radius 1 is 1.05 bits per heavy atom. The van der Waals surface area contributed by atoms with Gasteiger partial charge in [0.2, 0.25) is 0 Å². The van der Waals surface area contributed by atoms with Gasteiger partial charge in [-0.25, -0.2) is 4.39 Å². The van der Waals surface area contributed by atoms with Crippen LogP contribution in [0.2, 0.25) is 0 Å². The summed E-state index contributed by atoms with van der Waals surface area (Å²) in [6.07, 6.45) is 0.813. The summed E-state index contributed by atoms with van der Waals surface area (Å²) in [6.45, 7) is 2.02. The van der Waals surface area contributed by atoms with Crippen molar-refractivity contribution in [2.45, 2.75) is 19.4 Å². The van der Waals surface area contributed by atoms with Crippen LogP contribution in [0.3, 0.4) is 0 Å². The number of rotatable bonds is 4. The maximum atomic E-state index is 13.0. The Bertz CT molecular complexity index is 708. The van der Waals surface area contributed by atoms with Gasteiger partial charge in [-0.3, -0.25) is 0 Å². The molecule has 0 saturated heterocycles. The Kier molecular flexibility index (Phi) is 4.53. The summed E-state index contributed by atoms with van der Waals surface area (Å²) >= 11 is 0. The van der Waals surface area contributed by atoms with Gasteiger partial charge in [0.25, 0.3) is 0 Å². The molecule has 21 heavy (non-hydrogen) atoms. The predicted molar refractivity (Wildman–Crippen MR) is 78.9 cm³/mol. The Balaban J connectivity index is 2.25. The Labute approximate surface area is 123 Å². The van der Waals surface area contributed by atoms with Crippen LogP contribution in [0.4, 0.5) is 10.1 Å². The van der Waals surface area contributed by atoms with Gasteiger partial charge in [0.1, 0.15) is 18.0 Å². The number of benzene rings is 2. The maximum Gasteiger partial charge on any atom is 0.123 e. The van der Waals surface area contributed by atoms with Crippen LogP contribution in [0.5, 0.6) is 0 Å². The number of nitrogens with zero attached hydrogens (tertiary/aromatic N) is 2. The zero-order valence-corrected chi connectivity index (χ0v) is 11.6. The van der Waals surface area contributed by atoms with Gasteiger partial charge in [-0.15, -0.1) is 0 Å². The van der Waals surface area contributed by atoms with Crippen LogP contribution >= 0.6 is 0 Å². The van der Waals surface area contributed by atoms with E-state index in [0.717, 1.165) is 17.7 Å². The summed E-state index contributed by atoms with van der Waals surface area (Å²) in [5, 5.41) is 21.3. The Morgan fingerprint density at radius 2 is 1.71 bits per heavy atom. The maximum absolute atomic E-state index is 13.0. The van der Waals surface area contributed by atoms with Crippen molar-refractivity contribution in [3.05, 3.63) is 65.0 Å². The van der Waals surface area contributed by atoms with Gasteiger partial charge in [-0.2, -0.15) is 10.5 Å². The molecule has 1 unspecified atom stereocenters. The van der Waals surface area contributed by atoms with Crippen LogP contribution in [0.25, 0.3) is 0 Å². The largest absolute Gasteiger partial charge is 0.378 e. The van der Waals surface area contributed by atoms with Crippen molar-refractivity contribution in [3.8, 4) is 12.1 Å². The van der Waals surface area contributed by atoms with Crippen LogP contribution in [0, 0.1) is 28.5 Å². The van der Waals surface area contributed by atoms with E-state index >= 15 is 0 Å². The molecule has 2 aromatic carbocycles. The third kappa shape index (κ3) is 3.38. The summed E-state index contributed by atoms with van der Waals surface area (Å²) in [5.74, 6) is -0.265. The average Bonchev–Trinajstić information content (AvgIpc) is 2.53. The van der Waals surface area contributed by atoms with E-state index in [1.807, 2.05) is 19.1 Å². The minimum absolute atomic E-state index is 0.0186. The monoisotopic (exact) mass is 279 g/mol. The molecule has 0 fully saturated rings. The quantitative estimate of drug-likeness (QED) is 0.915. The summed E-state index contributed by atoms with van der Waals surface area (Å²) in [4.78, 5) is 0. The van der Waals surface area contributed by atoms with Crippen LogP contribution < -0.4 is 5.32 Å². The van der Waals surface area contributed by atoms with Crippen LogP contribution in [-0.2, 0) is 0 Å². The van der Waals surface area contributed by atoms with Gasteiger partial charge < -0.3 is 5.32 Å². The lowest BCUT2D eigenvalue weighted by Gasteiger charge is -2.19. The van der Waals surface area contributed by atoms with E-state index in [0.29, 0.717) is 11.1 Å². The standard InChI is InChI=1S/C17H14FN3/c1-2-17(12-3-6-15(18)7-4-12)21-16-8-5-13(10-19)14(9-16)11-20/h3-9,17,21H,2H2,1H3. The normalized spacial score (nSPS) is 11.2. The van der Waals surface area contributed by atoms with Gasteiger partial charge in [0.15, 0.2) is 0 Å². The molecular formula is C17H14FN3. The topological polar surface area (TPSA) is 59.6 Å². The minimum atomic E-state index is -0.265. The van der Waals surface area contributed by atoms with Gasteiger partial charge in [0, 0.05) is 5.69 Å². The lowest BCUT2D eigenvalue weighted by Crippen LogP contribution is -2.10. The molecule has 0 heterocycles. The molecule has 1 N–H and O–H groups in total. The third-order valence-corrected chi connectivity index (χ3v) is 3.28. The van der Waals surface area contributed by atoms with Crippen molar-refractivity contribution >= 4 is 5.69 Å². The lowest BCUT2D eigenvalue weighted by molar-refractivity contribution is 0.625. The number of hydrogen-bond acceptors (Lipinski definition) is 3. The van der Waals surface area contributed by atoms with Crippen LogP contribution in [-0.4, -0.2) is 0 Å². The van der Waals surface area contributed by atoms with E-state index < -0.39 is 0 Å². The van der Waals surface area contributed by atoms with Crippen molar-refractivity contribution in [1.29, 1.82) is 10.5 Å². The highest BCUT2D eigenvalue weighted by atomic mass is 19.1. The molecule has 2 aromatic rings. The number of nitrogens with one attached hydrogen (secondary N) is 1. The molecule has 0 amide bonds. The molecule has 2 rings (SSSR count). The van der Waals surface area contributed by atoms with E-state index in [4.69, 9.17) is 10.5 Å². The first-order chi connectivity index (χ1) is 10.2. The molecule has 0 bridgehead atoms.